The van der Waals surface area contributed by atoms with E-state index in [4.69, 9.17) is 9.47 Å². The minimum atomic E-state index is 0.923. The average Bonchev–Trinajstić information content (AvgIpc) is 2.67. The van der Waals surface area contributed by atoms with Gasteiger partial charge in [0.05, 0.1) is 14.2 Å². The van der Waals surface area contributed by atoms with E-state index in [0.717, 1.165) is 11.5 Å². The zero-order valence-corrected chi connectivity index (χ0v) is 5.97. The number of methoxy groups -OCH3 is 2. The van der Waals surface area contributed by atoms with Crippen LogP contribution in [0.2, 0.25) is 0 Å². The number of benzene rings is 1. The van der Waals surface area contributed by atoms with E-state index in [0.29, 0.717) is 0 Å². The molecule has 0 heterocycles. The van der Waals surface area contributed by atoms with Gasteiger partial charge in [-0.3, -0.25) is 0 Å². The molecule has 0 saturated heterocycles. The second-order valence-electron chi connectivity index (χ2n) is 2.25. The maximum absolute atomic E-state index is 5.07. The van der Waals surface area contributed by atoms with Crippen molar-refractivity contribution >= 4 is 0 Å². The molecule has 2 nitrogen and oxygen atoms in total. The van der Waals surface area contributed by atoms with Crippen molar-refractivity contribution in [1.82, 2.24) is 0 Å². The van der Waals surface area contributed by atoms with E-state index in [1.165, 1.54) is 11.1 Å². The van der Waals surface area contributed by atoms with Gasteiger partial charge in [0.2, 0.25) is 0 Å². The second kappa shape index (κ2) is 1.66. The molecule has 2 aliphatic carbocycles. The van der Waals surface area contributed by atoms with Crippen LogP contribution in [0.4, 0.5) is 0 Å². The lowest BCUT2D eigenvalue weighted by molar-refractivity contribution is 0.404. The van der Waals surface area contributed by atoms with Crippen molar-refractivity contribution in [2.45, 2.75) is 0 Å². The quantitative estimate of drug-likeness (QED) is 0.625. The summed E-state index contributed by atoms with van der Waals surface area (Å²) in [6, 6.07) is 3.96. The molecule has 2 rings (SSSR count). The maximum atomic E-state index is 5.07. The minimum absolute atomic E-state index is 0.923. The van der Waals surface area contributed by atoms with E-state index >= 15 is 0 Å². The molecule has 0 radical (unpaired) electrons. The van der Waals surface area contributed by atoms with Crippen molar-refractivity contribution in [2.75, 3.05) is 14.2 Å². The van der Waals surface area contributed by atoms with E-state index in [1.54, 1.807) is 14.2 Å². The lowest BCUT2D eigenvalue weighted by Crippen LogP contribution is -1.78. The number of fused-ring (bicyclic) bond motifs is 1. The van der Waals surface area contributed by atoms with Gasteiger partial charge in [-0.1, -0.05) is 0 Å². The summed E-state index contributed by atoms with van der Waals surface area (Å²) >= 11 is 0. The number of ether oxygens (including phenoxy) is 2. The van der Waals surface area contributed by atoms with Crippen LogP contribution < -0.4 is 9.47 Å². The Hall–Kier alpha value is -1.18. The molecule has 0 amide bonds. The molecule has 0 unspecified atom stereocenters. The summed E-state index contributed by atoms with van der Waals surface area (Å²) in [7, 11) is 3.34. The average molecular weight is 136 g/mol. The Morgan fingerprint density at radius 1 is 0.900 bits per heavy atom. The molecule has 0 N–H and O–H groups in total. The minimum Gasteiger partial charge on any atom is -0.496 e. The number of rotatable bonds is 2. The zero-order valence-electron chi connectivity index (χ0n) is 5.97. The molecule has 52 valence electrons. The summed E-state index contributed by atoms with van der Waals surface area (Å²) in [4.78, 5) is 0. The molecule has 0 aliphatic heterocycles. The van der Waals surface area contributed by atoms with Crippen LogP contribution in [0, 0.1) is 0 Å². The fraction of sp³-hybridized carbons (Fsp3) is 0.250. The summed E-state index contributed by atoms with van der Waals surface area (Å²) in [5.74, 6) is 1.85. The molecule has 2 aliphatic rings. The van der Waals surface area contributed by atoms with Crippen molar-refractivity contribution in [1.29, 1.82) is 0 Å². The topological polar surface area (TPSA) is 18.5 Å². The van der Waals surface area contributed by atoms with Gasteiger partial charge in [-0.05, 0) is 6.07 Å². The van der Waals surface area contributed by atoms with Gasteiger partial charge in [-0.25, -0.2) is 0 Å². The maximum Gasteiger partial charge on any atom is 0.130 e. The van der Waals surface area contributed by atoms with Crippen molar-refractivity contribution in [3.63, 3.8) is 0 Å². The predicted octanol–water partition coefficient (Wildman–Crippen LogP) is 1.68. The lowest BCUT2D eigenvalue weighted by atomic mass is 10.5. The van der Waals surface area contributed by atoms with Crippen molar-refractivity contribution in [3.05, 3.63) is 12.1 Å². The highest BCUT2D eigenvalue weighted by Gasteiger charge is 2.24. The monoisotopic (exact) mass is 136 g/mol. The van der Waals surface area contributed by atoms with Gasteiger partial charge in [0.15, 0.2) is 0 Å². The lowest BCUT2D eigenvalue weighted by Gasteiger charge is -1.92. The fourth-order valence-electron chi connectivity index (χ4n) is 1.13. The fourth-order valence-corrected chi connectivity index (χ4v) is 1.13. The molecule has 0 atom stereocenters. The third kappa shape index (κ3) is 0.533. The number of hydrogen-bond acceptors (Lipinski definition) is 2. The van der Waals surface area contributed by atoms with Gasteiger partial charge in [0, 0.05) is 17.2 Å². The van der Waals surface area contributed by atoms with Crippen LogP contribution in [-0.2, 0) is 0 Å². The van der Waals surface area contributed by atoms with Gasteiger partial charge in [0.1, 0.15) is 11.5 Å². The number of hydrogen-bond donors (Lipinski definition) is 0. The molecule has 0 saturated carbocycles. The Morgan fingerprint density at radius 3 is 1.70 bits per heavy atom. The largest absolute Gasteiger partial charge is 0.496 e. The highest BCUT2D eigenvalue weighted by Crippen LogP contribution is 2.51. The van der Waals surface area contributed by atoms with E-state index < -0.39 is 0 Å². The highest BCUT2D eigenvalue weighted by molar-refractivity contribution is 5.93. The van der Waals surface area contributed by atoms with Gasteiger partial charge in [-0.2, -0.15) is 0 Å². The molecule has 0 aromatic heterocycles. The first-order valence-corrected chi connectivity index (χ1v) is 3.13. The molecule has 10 heavy (non-hydrogen) atoms. The van der Waals surface area contributed by atoms with E-state index in [9.17, 15) is 0 Å². The van der Waals surface area contributed by atoms with Gasteiger partial charge in [-0.15, -0.1) is 0 Å². The Morgan fingerprint density at radius 2 is 1.40 bits per heavy atom. The summed E-state index contributed by atoms with van der Waals surface area (Å²) in [5.41, 5.74) is 2.39. The summed E-state index contributed by atoms with van der Waals surface area (Å²) in [6.45, 7) is 0. The normalized spacial score (nSPS) is 11.0. The third-order valence-electron chi connectivity index (χ3n) is 1.73. The van der Waals surface area contributed by atoms with Crippen LogP contribution >= 0.6 is 0 Å². The third-order valence-corrected chi connectivity index (χ3v) is 1.73. The molecular weight excluding hydrogens is 128 g/mol. The standard InChI is InChI=1S/C8H8O2/c1-9-7-4-8(10-2)6-3-5(6)7/h3-4H,1-2H3. The Bertz CT molecular complexity index is 254. The van der Waals surface area contributed by atoms with Crippen LogP contribution in [0.1, 0.15) is 0 Å². The summed E-state index contributed by atoms with van der Waals surface area (Å²) < 4.78 is 10.1. The Labute approximate surface area is 59.4 Å². The van der Waals surface area contributed by atoms with Gasteiger partial charge < -0.3 is 9.47 Å². The second-order valence-corrected chi connectivity index (χ2v) is 2.25. The zero-order chi connectivity index (χ0) is 7.14. The molecule has 0 spiro atoms. The predicted molar refractivity (Wildman–Crippen MR) is 38.5 cm³/mol. The Balaban J connectivity index is 2.39. The van der Waals surface area contributed by atoms with Crippen LogP contribution in [0.25, 0.3) is 11.1 Å². The van der Waals surface area contributed by atoms with Gasteiger partial charge >= 0.3 is 0 Å². The SMILES string of the molecule is COc1cc(OC)c2cc1-2. The summed E-state index contributed by atoms with van der Waals surface area (Å²) in [6.07, 6.45) is 0. The van der Waals surface area contributed by atoms with E-state index in [1.807, 2.05) is 6.07 Å². The highest BCUT2D eigenvalue weighted by atomic mass is 16.5. The summed E-state index contributed by atoms with van der Waals surface area (Å²) in [5, 5.41) is 0. The van der Waals surface area contributed by atoms with Crippen LogP contribution in [0.5, 0.6) is 11.5 Å². The van der Waals surface area contributed by atoms with Crippen LogP contribution in [0.15, 0.2) is 12.1 Å². The molecule has 0 aromatic rings. The first-order chi connectivity index (χ1) is 4.86. The first-order valence-electron chi connectivity index (χ1n) is 3.13. The Kier molecular flexibility index (Phi) is 0.926. The molecule has 2 heteroatoms. The van der Waals surface area contributed by atoms with Gasteiger partial charge in [0.25, 0.3) is 0 Å². The van der Waals surface area contributed by atoms with E-state index in [2.05, 4.69) is 6.07 Å². The van der Waals surface area contributed by atoms with Crippen LogP contribution in [-0.4, -0.2) is 14.2 Å². The molecular formula is C8H8O2. The smallest absolute Gasteiger partial charge is 0.130 e. The van der Waals surface area contributed by atoms with Crippen molar-refractivity contribution < 1.29 is 9.47 Å². The van der Waals surface area contributed by atoms with Crippen molar-refractivity contribution in [2.24, 2.45) is 0 Å². The van der Waals surface area contributed by atoms with Crippen molar-refractivity contribution in [3.8, 4) is 22.6 Å². The van der Waals surface area contributed by atoms with Crippen LogP contribution in [0.3, 0.4) is 0 Å². The molecule has 0 aromatic carbocycles. The first kappa shape index (κ1) is 5.59. The van der Waals surface area contributed by atoms with E-state index in [-0.39, 0.29) is 0 Å². The molecule has 0 bridgehead atoms. The molecule has 0 fully saturated rings.